The molecule has 122 valence electrons. The molecule has 3 rings (SSSR count). The van der Waals surface area contributed by atoms with Gasteiger partial charge in [0.15, 0.2) is 0 Å². The summed E-state index contributed by atoms with van der Waals surface area (Å²) in [5, 5.41) is 7.99. The van der Waals surface area contributed by atoms with Crippen molar-refractivity contribution < 1.29 is 0 Å². The van der Waals surface area contributed by atoms with Crippen molar-refractivity contribution >= 4 is 34.6 Å². The quantitative estimate of drug-likeness (QED) is 0.753. The molecule has 0 bridgehead atoms. The smallest absolute Gasteiger partial charge is 0.0615 e. The van der Waals surface area contributed by atoms with E-state index in [9.17, 15) is 0 Å². The minimum absolute atomic E-state index is 0.346. The molecule has 2 N–H and O–H groups in total. The summed E-state index contributed by atoms with van der Waals surface area (Å²) in [5.74, 6) is 2.25. The second-order valence-electron chi connectivity index (χ2n) is 5.37. The maximum atomic E-state index is 6.18. The third-order valence-electron chi connectivity index (χ3n) is 4.04. The minimum atomic E-state index is 0.346. The summed E-state index contributed by atoms with van der Waals surface area (Å²) in [6.07, 6.45) is 10.0. The average Bonchev–Trinajstić information content (AvgIpc) is 2.56. The molecule has 2 nitrogen and oxygen atoms in total. The van der Waals surface area contributed by atoms with Crippen molar-refractivity contribution in [1.29, 1.82) is 0 Å². The number of hydrogen-bond donors (Lipinski definition) is 2. The van der Waals surface area contributed by atoms with E-state index in [1.165, 1.54) is 27.3 Å². The van der Waals surface area contributed by atoms with Gasteiger partial charge >= 0.3 is 0 Å². The molecule has 0 aliphatic carbocycles. The first-order chi connectivity index (χ1) is 11.2. The molecule has 1 atom stereocenters. The van der Waals surface area contributed by atoms with Crippen LogP contribution in [0.1, 0.15) is 25.8 Å². The van der Waals surface area contributed by atoms with Crippen molar-refractivity contribution in [2.24, 2.45) is 0 Å². The first-order valence-electron chi connectivity index (χ1n) is 7.72. The van der Waals surface area contributed by atoms with Crippen LogP contribution >= 0.6 is 23.4 Å². The summed E-state index contributed by atoms with van der Waals surface area (Å²) < 4.78 is 0. The Morgan fingerprint density at radius 1 is 1.48 bits per heavy atom. The molecule has 4 heteroatoms. The third-order valence-corrected chi connectivity index (χ3v) is 5.22. The Balaban J connectivity index is 0.000000595. The van der Waals surface area contributed by atoms with Crippen LogP contribution in [0.4, 0.5) is 5.69 Å². The molecular formula is C19H23ClN2S. The molecule has 2 aliphatic rings. The number of rotatable bonds is 2. The van der Waals surface area contributed by atoms with Gasteiger partial charge in [0.25, 0.3) is 0 Å². The molecule has 2 heterocycles. The molecule has 0 aromatic heterocycles. The number of halogens is 1. The Hall–Kier alpha value is -1.34. The van der Waals surface area contributed by atoms with E-state index < -0.39 is 0 Å². The number of fused-ring (bicyclic) bond motifs is 2. The van der Waals surface area contributed by atoms with Gasteiger partial charge in [0.05, 0.1) is 6.04 Å². The summed E-state index contributed by atoms with van der Waals surface area (Å²) in [5.41, 5.74) is 5.42. The van der Waals surface area contributed by atoms with E-state index in [0.717, 1.165) is 24.5 Å². The van der Waals surface area contributed by atoms with Crippen LogP contribution in [0, 0.1) is 12.3 Å². The number of terminal acetylenes is 1. The number of allylic oxidation sites excluding steroid dienone is 1. The standard InChI is InChI=1S/C16H19ClN2S.C3H4/c1-3-15(20-2)16-13-9-19-14-5-4-10(17)8-12(14)11(13)6-7-18-16;1-3-2/h3-5,8,16,18-19H,6-7,9H2,1-2H3;1H,2H3/b15-3-;. The SMILES string of the molecule is C#CC.C/C=C(\SC)C1NCCC2=C1CNc1ccc(Cl)cc12. The summed E-state index contributed by atoms with van der Waals surface area (Å²) >= 11 is 8.01. The summed E-state index contributed by atoms with van der Waals surface area (Å²) in [4.78, 5) is 1.39. The van der Waals surface area contributed by atoms with Crippen molar-refractivity contribution in [2.75, 3.05) is 24.7 Å². The third kappa shape index (κ3) is 3.95. The van der Waals surface area contributed by atoms with Crippen LogP contribution in [-0.4, -0.2) is 25.4 Å². The van der Waals surface area contributed by atoms with Gasteiger partial charge in [-0.2, -0.15) is 0 Å². The zero-order valence-electron chi connectivity index (χ0n) is 13.9. The lowest BCUT2D eigenvalue weighted by atomic mass is 9.86. The normalized spacial score (nSPS) is 19.6. The van der Waals surface area contributed by atoms with Crippen molar-refractivity contribution in [2.45, 2.75) is 26.3 Å². The highest BCUT2D eigenvalue weighted by Gasteiger charge is 2.29. The van der Waals surface area contributed by atoms with E-state index in [4.69, 9.17) is 11.6 Å². The van der Waals surface area contributed by atoms with E-state index in [1.54, 1.807) is 6.92 Å². The Kier molecular flexibility index (Phi) is 6.65. The van der Waals surface area contributed by atoms with Gasteiger partial charge in [-0.3, -0.25) is 0 Å². The fraction of sp³-hybridized carbons (Fsp3) is 0.368. The zero-order valence-corrected chi connectivity index (χ0v) is 15.4. The molecule has 2 aliphatic heterocycles. The highest BCUT2D eigenvalue weighted by Crippen LogP contribution is 2.39. The van der Waals surface area contributed by atoms with Crippen molar-refractivity contribution in [3.05, 3.63) is 45.3 Å². The van der Waals surface area contributed by atoms with E-state index in [2.05, 4.69) is 54.4 Å². The number of benzene rings is 1. The molecule has 0 spiro atoms. The van der Waals surface area contributed by atoms with Crippen LogP contribution in [-0.2, 0) is 0 Å². The highest BCUT2D eigenvalue weighted by atomic mass is 35.5. The van der Waals surface area contributed by atoms with Gasteiger partial charge in [-0.25, -0.2) is 0 Å². The summed E-state index contributed by atoms with van der Waals surface area (Å²) in [6, 6.07) is 6.48. The molecule has 0 radical (unpaired) electrons. The first kappa shape index (κ1) is 18.0. The monoisotopic (exact) mass is 346 g/mol. The zero-order chi connectivity index (χ0) is 16.8. The van der Waals surface area contributed by atoms with Gasteiger partial charge in [-0.15, -0.1) is 24.1 Å². The van der Waals surface area contributed by atoms with Gasteiger partial charge in [-0.1, -0.05) is 17.7 Å². The largest absolute Gasteiger partial charge is 0.381 e. The molecule has 1 unspecified atom stereocenters. The van der Waals surface area contributed by atoms with Crippen LogP contribution in [0.15, 0.2) is 34.8 Å². The number of hydrogen-bond acceptors (Lipinski definition) is 3. The molecule has 0 saturated carbocycles. The molecule has 1 aromatic rings. The van der Waals surface area contributed by atoms with E-state index in [-0.39, 0.29) is 0 Å². The Labute approximate surface area is 148 Å². The van der Waals surface area contributed by atoms with Crippen LogP contribution in [0.2, 0.25) is 5.02 Å². The maximum Gasteiger partial charge on any atom is 0.0615 e. The van der Waals surface area contributed by atoms with Crippen molar-refractivity contribution in [1.82, 2.24) is 5.32 Å². The van der Waals surface area contributed by atoms with E-state index in [0.29, 0.717) is 6.04 Å². The second kappa shape index (κ2) is 8.49. The number of nitrogens with one attached hydrogen (secondary N) is 2. The Bertz CT molecular complexity index is 670. The van der Waals surface area contributed by atoms with E-state index >= 15 is 0 Å². The lowest BCUT2D eigenvalue weighted by Gasteiger charge is -2.35. The fourth-order valence-corrected chi connectivity index (χ4v) is 3.97. The highest BCUT2D eigenvalue weighted by molar-refractivity contribution is 8.02. The van der Waals surface area contributed by atoms with Crippen molar-refractivity contribution in [3.8, 4) is 12.3 Å². The summed E-state index contributed by atoms with van der Waals surface area (Å²) in [7, 11) is 0. The number of thioether (sulfide) groups is 1. The van der Waals surface area contributed by atoms with Crippen LogP contribution in [0.5, 0.6) is 0 Å². The van der Waals surface area contributed by atoms with Gasteiger partial charge < -0.3 is 10.6 Å². The molecule has 23 heavy (non-hydrogen) atoms. The number of anilines is 1. The first-order valence-corrected chi connectivity index (χ1v) is 9.33. The molecule has 0 amide bonds. The molecule has 0 fully saturated rings. The van der Waals surface area contributed by atoms with Gasteiger partial charge in [-0.05, 0) is 55.9 Å². The van der Waals surface area contributed by atoms with Gasteiger partial charge in [0.1, 0.15) is 0 Å². The average molecular weight is 347 g/mol. The summed E-state index contributed by atoms with van der Waals surface area (Å²) in [6.45, 7) is 5.70. The topological polar surface area (TPSA) is 24.1 Å². The second-order valence-corrected chi connectivity index (χ2v) is 6.68. The fourth-order valence-electron chi connectivity index (χ4n) is 3.10. The Morgan fingerprint density at radius 2 is 2.22 bits per heavy atom. The van der Waals surface area contributed by atoms with Crippen LogP contribution in [0.25, 0.3) is 5.57 Å². The molecule has 1 aromatic carbocycles. The van der Waals surface area contributed by atoms with Gasteiger partial charge in [0.2, 0.25) is 0 Å². The molecular weight excluding hydrogens is 324 g/mol. The lowest BCUT2D eigenvalue weighted by molar-refractivity contribution is 0.619. The predicted octanol–water partition coefficient (Wildman–Crippen LogP) is 4.79. The Morgan fingerprint density at radius 3 is 2.87 bits per heavy atom. The predicted molar refractivity (Wildman–Crippen MR) is 105 cm³/mol. The van der Waals surface area contributed by atoms with Crippen LogP contribution < -0.4 is 10.6 Å². The minimum Gasteiger partial charge on any atom is -0.381 e. The molecule has 0 saturated heterocycles. The van der Waals surface area contributed by atoms with Gasteiger partial charge in [0, 0.05) is 34.3 Å². The van der Waals surface area contributed by atoms with E-state index in [1.807, 2.05) is 17.8 Å². The van der Waals surface area contributed by atoms with Crippen LogP contribution in [0.3, 0.4) is 0 Å². The maximum absolute atomic E-state index is 6.18. The van der Waals surface area contributed by atoms with Crippen molar-refractivity contribution in [3.63, 3.8) is 0 Å². The lowest BCUT2D eigenvalue weighted by Crippen LogP contribution is -2.40.